The van der Waals surface area contributed by atoms with E-state index in [1.165, 1.54) is 15.8 Å². The molecule has 0 bridgehead atoms. The number of carbonyl (C=O) groups is 7. The number of amides is 6. The number of fused-ring (bicyclic) bond motifs is 1. The van der Waals surface area contributed by atoms with E-state index >= 15 is 0 Å². The van der Waals surface area contributed by atoms with Gasteiger partial charge in [0, 0.05) is 37.9 Å². The number of likely N-dealkylation sites (tertiary alicyclic amines) is 1. The molecule has 6 amide bonds. The van der Waals surface area contributed by atoms with Crippen LogP contribution in [0, 0.1) is 17.8 Å². The zero-order chi connectivity index (χ0) is 44.4. The third kappa shape index (κ3) is 12.2. The van der Waals surface area contributed by atoms with Crippen molar-refractivity contribution in [3.05, 3.63) is 47.8 Å². The Balaban J connectivity index is 1.17. The molecule has 0 spiro atoms. The topological polar surface area (TPSA) is 257 Å². The van der Waals surface area contributed by atoms with Gasteiger partial charge in [-0.15, -0.1) is 5.10 Å². The Morgan fingerprint density at radius 3 is 2.42 bits per heavy atom. The van der Waals surface area contributed by atoms with Crippen molar-refractivity contribution in [1.29, 1.82) is 0 Å². The number of alkyl carbamates (subject to hydrolysis) is 1. The molecule has 2 aliphatic heterocycles. The highest BCUT2D eigenvalue weighted by molar-refractivity contribution is 6.37. The minimum atomic E-state index is -1.36. The Kier molecular flexibility index (Phi) is 15.7. The van der Waals surface area contributed by atoms with Crippen LogP contribution in [0.25, 0.3) is 0 Å². The molecule has 4 aliphatic rings. The summed E-state index contributed by atoms with van der Waals surface area (Å²) in [5.41, 5.74) is 5.28. The number of piperidine rings is 1. The molecule has 2 aromatic rings. The largest absolute Gasteiger partial charge is 0.445 e. The maximum atomic E-state index is 15.0. The number of benzene rings is 1. The summed E-state index contributed by atoms with van der Waals surface area (Å²) in [5.74, 6) is -3.53. The van der Waals surface area contributed by atoms with Crippen LogP contribution in [0.1, 0.15) is 127 Å². The smallest absolute Gasteiger partial charge is 0.407 e. The van der Waals surface area contributed by atoms with Gasteiger partial charge < -0.3 is 41.7 Å². The summed E-state index contributed by atoms with van der Waals surface area (Å²) >= 11 is 0. The monoisotopic (exact) mass is 861 g/mol. The van der Waals surface area contributed by atoms with Gasteiger partial charge in [-0.3, -0.25) is 28.8 Å². The molecule has 62 heavy (non-hydrogen) atoms. The van der Waals surface area contributed by atoms with E-state index in [4.69, 9.17) is 10.5 Å². The Labute approximate surface area is 362 Å². The molecule has 4 unspecified atom stereocenters. The number of unbranched alkanes of at least 4 members (excludes halogenated alkanes) is 1. The fourth-order valence-electron chi connectivity index (χ4n) is 9.66. The van der Waals surface area contributed by atoms with Crippen LogP contribution < -0.4 is 27.0 Å². The number of ketones is 1. The third-order valence-electron chi connectivity index (χ3n) is 13.0. The Morgan fingerprint density at radius 1 is 0.952 bits per heavy atom. The summed E-state index contributed by atoms with van der Waals surface area (Å²) in [5, 5.41) is 30.8. The zero-order valence-electron chi connectivity index (χ0n) is 35.9. The van der Waals surface area contributed by atoms with E-state index in [2.05, 4.69) is 31.6 Å². The highest BCUT2D eigenvalue weighted by Crippen LogP contribution is 2.36. The third-order valence-corrected chi connectivity index (χ3v) is 13.0. The van der Waals surface area contributed by atoms with E-state index in [-0.39, 0.29) is 68.1 Å². The van der Waals surface area contributed by atoms with Crippen LogP contribution in [-0.2, 0) is 45.7 Å². The maximum Gasteiger partial charge on any atom is 0.407 e. The van der Waals surface area contributed by atoms with E-state index in [9.17, 15) is 38.7 Å². The lowest BCUT2D eigenvalue weighted by atomic mass is 9.74. The van der Waals surface area contributed by atoms with Gasteiger partial charge in [-0.2, -0.15) is 0 Å². The Hall–Kier alpha value is -5.39. The molecular weight excluding hydrogens is 799 g/mol. The van der Waals surface area contributed by atoms with Crippen molar-refractivity contribution in [1.82, 2.24) is 41.2 Å². The molecule has 7 atom stereocenters. The van der Waals surface area contributed by atoms with Crippen molar-refractivity contribution >= 4 is 41.4 Å². The highest BCUT2D eigenvalue weighted by Gasteiger charge is 2.46. The maximum absolute atomic E-state index is 15.0. The van der Waals surface area contributed by atoms with Gasteiger partial charge in [-0.05, 0) is 82.6 Å². The highest BCUT2D eigenvalue weighted by atomic mass is 16.5. The zero-order valence-corrected chi connectivity index (χ0v) is 35.9. The predicted molar refractivity (Wildman–Crippen MR) is 224 cm³/mol. The number of aromatic nitrogens is 3. The van der Waals surface area contributed by atoms with Gasteiger partial charge in [0.15, 0.2) is 0 Å². The predicted octanol–water partition coefficient (Wildman–Crippen LogP) is 2.43. The molecule has 2 saturated heterocycles. The van der Waals surface area contributed by atoms with Crippen LogP contribution in [0.15, 0.2) is 36.5 Å². The molecule has 7 N–H and O–H groups in total. The van der Waals surface area contributed by atoms with E-state index in [0.29, 0.717) is 57.1 Å². The van der Waals surface area contributed by atoms with Gasteiger partial charge in [-0.25, -0.2) is 9.48 Å². The first-order chi connectivity index (χ1) is 29.7. The van der Waals surface area contributed by atoms with Crippen LogP contribution in [0.4, 0.5) is 4.79 Å². The number of Topliss-reactive ketones (excluding diaryl/α,β-unsaturated/α-hetero) is 1. The molecule has 18 nitrogen and oxygen atoms in total. The van der Waals surface area contributed by atoms with E-state index in [0.717, 1.165) is 37.7 Å². The second kappa shape index (κ2) is 21.1. The molecule has 6 rings (SSSR count). The van der Waals surface area contributed by atoms with Gasteiger partial charge in [0.1, 0.15) is 24.3 Å². The summed E-state index contributed by atoms with van der Waals surface area (Å²) in [7, 11) is 0. The Bertz CT molecular complexity index is 1910. The van der Waals surface area contributed by atoms with Gasteiger partial charge in [0.25, 0.3) is 5.91 Å². The molecular formula is C44H63N9O9. The average Bonchev–Trinajstić information content (AvgIpc) is 3.94. The molecule has 18 heteroatoms. The lowest BCUT2D eigenvalue weighted by Gasteiger charge is -2.39. The standard InChI is InChI=1S/C44H63N9O9/c1-44(2,61)36-24-47-51-53(36)31-23-35(41(58)49-33(38(55)39(45)56)15-9-10-20-46-43(60)62-26-28-13-7-4-8-14-28)52(25-31)42(59)34(21-27-11-5-3-6-12-27)50-40(57)30-16-18-32-29(22-30)17-19-37(54)48-32/h4,7-8,13-14,24,27,29-35,61H,3,5-6,9-12,15-23,25-26H2,1-2H3,(H2,45,56)(H,46,60)(H,48,54)(H,49,58)(H,50,57)/t29?,30?,31-,32?,33?,34+,35-/m0/s1. The van der Waals surface area contributed by atoms with E-state index in [1.807, 2.05) is 30.3 Å². The van der Waals surface area contributed by atoms with Crippen molar-refractivity contribution < 1.29 is 43.4 Å². The van der Waals surface area contributed by atoms with Crippen molar-refractivity contribution in [2.45, 2.75) is 153 Å². The molecule has 2 aliphatic carbocycles. The van der Waals surface area contributed by atoms with Crippen molar-refractivity contribution in [2.75, 3.05) is 13.1 Å². The summed E-state index contributed by atoms with van der Waals surface area (Å²) in [6, 6.07) is 5.24. The minimum Gasteiger partial charge on any atom is -0.445 e. The van der Waals surface area contributed by atoms with Crippen LogP contribution in [0.3, 0.4) is 0 Å². The molecule has 1 aromatic heterocycles. The lowest BCUT2D eigenvalue weighted by Crippen LogP contribution is -2.57. The number of nitrogens with two attached hydrogens (primary N) is 1. The quantitative estimate of drug-likeness (QED) is 0.0938. The number of hydrogen-bond donors (Lipinski definition) is 6. The van der Waals surface area contributed by atoms with Crippen LogP contribution in [0.5, 0.6) is 0 Å². The minimum absolute atomic E-state index is 0.00620. The number of primary amides is 1. The van der Waals surface area contributed by atoms with Gasteiger partial charge >= 0.3 is 6.09 Å². The first kappa shape index (κ1) is 46.1. The number of nitrogens with one attached hydrogen (secondary N) is 4. The van der Waals surface area contributed by atoms with Crippen LogP contribution in [-0.4, -0.2) is 104 Å². The first-order valence-corrected chi connectivity index (χ1v) is 22.3. The lowest BCUT2D eigenvalue weighted by molar-refractivity contribution is -0.144. The van der Waals surface area contributed by atoms with Gasteiger partial charge in [0.05, 0.1) is 24.0 Å². The van der Waals surface area contributed by atoms with Crippen molar-refractivity contribution in [3.8, 4) is 0 Å². The fraction of sp³-hybridized carbons (Fsp3) is 0.659. The fourth-order valence-corrected chi connectivity index (χ4v) is 9.66. The first-order valence-electron chi connectivity index (χ1n) is 22.3. The number of aliphatic hydroxyl groups is 1. The average molecular weight is 862 g/mol. The second-order valence-corrected chi connectivity index (χ2v) is 18.1. The van der Waals surface area contributed by atoms with Gasteiger partial charge in [-0.1, -0.05) is 67.6 Å². The van der Waals surface area contributed by atoms with Crippen molar-refractivity contribution in [2.24, 2.45) is 23.5 Å². The second-order valence-electron chi connectivity index (χ2n) is 18.1. The molecule has 4 fully saturated rings. The molecule has 2 saturated carbocycles. The molecule has 338 valence electrons. The summed E-state index contributed by atoms with van der Waals surface area (Å²) in [4.78, 5) is 94.5. The summed E-state index contributed by atoms with van der Waals surface area (Å²) in [6.07, 6.45) is 9.93. The number of ether oxygens (including phenoxy) is 1. The number of rotatable bonds is 18. The number of nitrogens with zero attached hydrogens (tertiary/aromatic N) is 4. The SMILES string of the molecule is CC(C)(O)c1cnnn1[C@H]1C[C@@H](C(=O)NC(CCCCNC(=O)OCc2ccccc2)C(=O)C(N)=O)N(C(=O)[C@@H](CC2CCCCC2)NC(=O)C2CCC3NC(=O)CCC3C2)C1. The molecule has 3 heterocycles. The van der Waals surface area contributed by atoms with Crippen molar-refractivity contribution in [3.63, 3.8) is 0 Å². The van der Waals surface area contributed by atoms with E-state index in [1.54, 1.807) is 13.8 Å². The number of carbonyl (C=O) groups excluding carboxylic acids is 7. The molecule has 1 aromatic carbocycles. The Morgan fingerprint density at radius 2 is 1.69 bits per heavy atom. The van der Waals surface area contributed by atoms with Crippen LogP contribution >= 0.6 is 0 Å². The summed E-state index contributed by atoms with van der Waals surface area (Å²) < 4.78 is 6.75. The van der Waals surface area contributed by atoms with Gasteiger partial charge in [0.2, 0.25) is 29.4 Å². The number of hydrogen-bond acceptors (Lipinski definition) is 11. The normalized spacial score (nSPS) is 23.9. The van der Waals surface area contributed by atoms with E-state index < -0.39 is 59.4 Å². The molecule has 0 radical (unpaired) electrons. The van der Waals surface area contributed by atoms with Crippen LogP contribution in [0.2, 0.25) is 0 Å². The summed E-state index contributed by atoms with van der Waals surface area (Å²) in [6.45, 7) is 3.46.